The largest absolute Gasteiger partial charge is 0.355 e. The maximum Gasteiger partial charge on any atom is 0.228 e. The van der Waals surface area contributed by atoms with Gasteiger partial charge in [0.15, 0.2) is 5.82 Å². The maximum atomic E-state index is 5.06. The number of hydrogen-bond acceptors (Lipinski definition) is 5. The van der Waals surface area contributed by atoms with E-state index in [1.807, 2.05) is 36.7 Å². The zero-order valence-electron chi connectivity index (χ0n) is 10.9. The van der Waals surface area contributed by atoms with Crippen LogP contribution in [0.5, 0.6) is 0 Å². The van der Waals surface area contributed by atoms with E-state index in [2.05, 4.69) is 26.5 Å². The smallest absolute Gasteiger partial charge is 0.228 e. The fourth-order valence-corrected chi connectivity index (χ4v) is 2.03. The lowest BCUT2D eigenvalue weighted by molar-refractivity contribution is 0.377. The summed E-state index contributed by atoms with van der Waals surface area (Å²) in [7, 11) is 1.99. The van der Waals surface area contributed by atoms with Crippen LogP contribution in [0, 0.1) is 6.92 Å². The van der Waals surface area contributed by atoms with Gasteiger partial charge in [-0.3, -0.25) is 0 Å². The van der Waals surface area contributed by atoms with Crippen LogP contribution in [0.3, 0.4) is 0 Å². The Balaban J connectivity index is 1.70. The molecule has 1 aromatic carbocycles. The van der Waals surface area contributed by atoms with Crippen molar-refractivity contribution in [2.75, 3.05) is 11.9 Å². The van der Waals surface area contributed by atoms with Crippen molar-refractivity contribution >= 4 is 17.0 Å². The number of benzene rings is 1. The lowest BCUT2D eigenvalue weighted by atomic mass is 10.3. The summed E-state index contributed by atoms with van der Waals surface area (Å²) in [6.45, 7) is 2.52. The molecule has 6 heteroatoms. The molecule has 1 N–H and O–H groups in total. The van der Waals surface area contributed by atoms with Crippen molar-refractivity contribution in [1.29, 1.82) is 0 Å². The molecule has 0 unspecified atom stereocenters. The third-order valence-corrected chi connectivity index (χ3v) is 2.98. The molecule has 2 heterocycles. The number of aryl methyl sites for hydroxylation is 2. The fourth-order valence-electron chi connectivity index (χ4n) is 2.03. The van der Waals surface area contributed by atoms with E-state index in [1.54, 1.807) is 0 Å². The van der Waals surface area contributed by atoms with Gasteiger partial charge in [0.25, 0.3) is 0 Å². The molecule has 19 heavy (non-hydrogen) atoms. The van der Waals surface area contributed by atoms with Crippen molar-refractivity contribution in [3.63, 3.8) is 0 Å². The molecular formula is C13H15N5O. The Morgan fingerprint density at radius 1 is 1.26 bits per heavy atom. The lowest BCUT2D eigenvalue weighted by Gasteiger charge is -2.04. The second-order valence-corrected chi connectivity index (χ2v) is 4.40. The van der Waals surface area contributed by atoms with Crippen molar-refractivity contribution in [2.45, 2.75) is 13.3 Å². The number of para-hydroxylation sites is 2. The number of nitrogens with one attached hydrogen (secondary N) is 1. The molecule has 0 fully saturated rings. The molecule has 2 aromatic heterocycles. The number of imidazole rings is 1. The molecule has 0 aliphatic rings. The SMILES string of the molecule is Cc1noc(CCNc2nc3ccccc3n2C)n1. The van der Waals surface area contributed by atoms with Crippen LogP contribution in [0.2, 0.25) is 0 Å². The molecule has 3 rings (SSSR count). The first-order chi connectivity index (χ1) is 9.24. The molecule has 0 bridgehead atoms. The highest BCUT2D eigenvalue weighted by molar-refractivity contribution is 5.78. The molecule has 0 atom stereocenters. The summed E-state index contributed by atoms with van der Waals surface area (Å²) in [6, 6.07) is 8.05. The quantitative estimate of drug-likeness (QED) is 0.773. The monoisotopic (exact) mass is 257 g/mol. The normalized spacial score (nSPS) is 11.1. The first-order valence-electron chi connectivity index (χ1n) is 6.18. The highest BCUT2D eigenvalue weighted by atomic mass is 16.5. The third kappa shape index (κ3) is 2.29. The molecule has 3 aromatic rings. The van der Waals surface area contributed by atoms with E-state index < -0.39 is 0 Å². The van der Waals surface area contributed by atoms with E-state index in [9.17, 15) is 0 Å². The van der Waals surface area contributed by atoms with Crippen molar-refractivity contribution in [1.82, 2.24) is 19.7 Å². The zero-order valence-corrected chi connectivity index (χ0v) is 10.9. The Bertz CT molecular complexity index is 700. The highest BCUT2D eigenvalue weighted by Gasteiger charge is 2.07. The van der Waals surface area contributed by atoms with E-state index in [-0.39, 0.29) is 0 Å². The van der Waals surface area contributed by atoms with E-state index >= 15 is 0 Å². The minimum atomic E-state index is 0.642. The molecule has 98 valence electrons. The van der Waals surface area contributed by atoms with Crippen molar-refractivity contribution < 1.29 is 4.52 Å². The Kier molecular flexibility index (Phi) is 2.91. The standard InChI is InChI=1S/C13H15N5O/c1-9-15-12(19-17-9)7-8-14-13-16-10-5-3-4-6-11(10)18(13)2/h3-6H,7-8H2,1-2H3,(H,14,16). The summed E-state index contributed by atoms with van der Waals surface area (Å²) in [6.07, 6.45) is 0.685. The molecule has 0 saturated heterocycles. The molecule has 0 amide bonds. The van der Waals surface area contributed by atoms with E-state index in [4.69, 9.17) is 4.52 Å². The Hall–Kier alpha value is -2.37. The van der Waals surface area contributed by atoms with Gasteiger partial charge in [-0.25, -0.2) is 4.98 Å². The molecule has 0 aliphatic heterocycles. The average molecular weight is 257 g/mol. The van der Waals surface area contributed by atoms with Crippen LogP contribution in [0.15, 0.2) is 28.8 Å². The van der Waals surface area contributed by atoms with Crippen molar-refractivity contribution in [3.05, 3.63) is 36.0 Å². The van der Waals surface area contributed by atoms with Gasteiger partial charge in [0.05, 0.1) is 11.0 Å². The predicted octanol–water partition coefficient (Wildman–Crippen LogP) is 1.92. The highest BCUT2D eigenvalue weighted by Crippen LogP contribution is 2.17. The van der Waals surface area contributed by atoms with Gasteiger partial charge in [-0.15, -0.1) is 0 Å². The third-order valence-electron chi connectivity index (χ3n) is 2.98. The summed E-state index contributed by atoms with van der Waals surface area (Å²) in [4.78, 5) is 8.70. The number of hydrogen-bond donors (Lipinski definition) is 1. The fraction of sp³-hybridized carbons (Fsp3) is 0.308. The van der Waals surface area contributed by atoms with Crippen LogP contribution in [0.1, 0.15) is 11.7 Å². The Morgan fingerprint density at radius 3 is 2.84 bits per heavy atom. The number of aromatic nitrogens is 4. The average Bonchev–Trinajstić information content (AvgIpc) is 2.96. The van der Waals surface area contributed by atoms with Gasteiger partial charge in [0.2, 0.25) is 11.8 Å². The number of anilines is 1. The second-order valence-electron chi connectivity index (χ2n) is 4.40. The van der Waals surface area contributed by atoms with Crippen molar-refractivity contribution in [2.24, 2.45) is 7.05 Å². The van der Waals surface area contributed by atoms with Gasteiger partial charge in [-0.05, 0) is 19.1 Å². The topological polar surface area (TPSA) is 68.8 Å². The Morgan fingerprint density at radius 2 is 2.11 bits per heavy atom. The first kappa shape index (κ1) is 11.7. The summed E-state index contributed by atoms with van der Waals surface area (Å²) >= 11 is 0. The van der Waals surface area contributed by atoms with Crippen LogP contribution in [-0.4, -0.2) is 26.2 Å². The number of fused-ring (bicyclic) bond motifs is 1. The summed E-state index contributed by atoms with van der Waals surface area (Å²) in [5, 5.41) is 7.04. The summed E-state index contributed by atoms with van der Waals surface area (Å²) < 4.78 is 7.10. The second kappa shape index (κ2) is 4.72. The number of nitrogens with zero attached hydrogens (tertiary/aromatic N) is 4. The number of rotatable bonds is 4. The van der Waals surface area contributed by atoms with Gasteiger partial charge in [-0.2, -0.15) is 4.98 Å². The first-order valence-corrected chi connectivity index (χ1v) is 6.18. The minimum Gasteiger partial charge on any atom is -0.355 e. The molecule has 0 radical (unpaired) electrons. The molecule has 0 spiro atoms. The van der Waals surface area contributed by atoms with Gasteiger partial charge in [0.1, 0.15) is 0 Å². The predicted molar refractivity (Wildman–Crippen MR) is 71.9 cm³/mol. The van der Waals surface area contributed by atoms with Crippen molar-refractivity contribution in [3.8, 4) is 0 Å². The van der Waals surface area contributed by atoms with E-state index in [0.717, 1.165) is 17.0 Å². The van der Waals surface area contributed by atoms with Gasteiger partial charge < -0.3 is 14.4 Å². The van der Waals surface area contributed by atoms with Crippen LogP contribution in [-0.2, 0) is 13.5 Å². The van der Waals surface area contributed by atoms with Crippen LogP contribution in [0.25, 0.3) is 11.0 Å². The molecule has 0 aliphatic carbocycles. The maximum absolute atomic E-state index is 5.06. The minimum absolute atomic E-state index is 0.642. The molecule has 6 nitrogen and oxygen atoms in total. The van der Waals surface area contributed by atoms with Crippen LogP contribution < -0.4 is 5.32 Å². The van der Waals surface area contributed by atoms with E-state index in [1.165, 1.54) is 0 Å². The zero-order chi connectivity index (χ0) is 13.2. The van der Waals surface area contributed by atoms with Crippen LogP contribution >= 0.6 is 0 Å². The van der Waals surface area contributed by atoms with E-state index in [0.29, 0.717) is 24.7 Å². The van der Waals surface area contributed by atoms with Crippen LogP contribution in [0.4, 0.5) is 5.95 Å². The van der Waals surface area contributed by atoms with Gasteiger partial charge >= 0.3 is 0 Å². The Labute approximate surface area is 110 Å². The lowest BCUT2D eigenvalue weighted by Crippen LogP contribution is -2.09. The molecular weight excluding hydrogens is 242 g/mol. The molecule has 0 saturated carbocycles. The summed E-state index contributed by atoms with van der Waals surface area (Å²) in [5.41, 5.74) is 2.10. The van der Waals surface area contributed by atoms with Gasteiger partial charge in [0, 0.05) is 20.0 Å². The summed E-state index contributed by atoms with van der Waals surface area (Å²) in [5.74, 6) is 2.15. The van der Waals surface area contributed by atoms with Gasteiger partial charge in [-0.1, -0.05) is 17.3 Å².